The molecule has 0 radical (unpaired) electrons. The van der Waals surface area contributed by atoms with Crippen molar-refractivity contribution in [1.82, 2.24) is 0 Å². The van der Waals surface area contributed by atoms with Gasteiger partial charge >= 0.3 is 5.97 Å². The predicted molar refractivity (Wildman–Crippen MR) is 81.1 cm³/mol. The molecule has 1 atom stereocenters. The summed E-state index contributed by atoms with van der Waals surface area (Å²) in [7, 11) is 0. The van der Waals surface area contributed by atoms with Gasteiger partial charge in [-0.2, -0.15) is 0 Å². The topological polar surface area (TPSA) is 35.5 Å². The standard InChI is InChI=1S/C18H18O3/c19-18(21-13-17-7-4-12-20-17)16-10-8-15(9-11-16)14-5-2-1-3-6-14/h1-3,5-6,8-11,17H,4,7,12-13H2/t17-/m1/s1. The van der Waals surface area contributed by atoms with Crippen molar-refractivity contribution in [3.8, 4) is 11.1 Å². The van der Waals surface area contributed by atoms with Crippen LogP contribution in [0.5, 0.6) is 0 Å². The van der Waals surface area contributed by atoms with E-state index in [9.17, 15) is 4.79 Å². The molecule has 0 aliphatic carbocycles. The van der Waals surface area contributed by atoms with E-state index in [-0.39, 0.29) is 12.1 Å². The number of hydrogen-bond donors (Lipinski definition) is 0. The van der Waals surface area contributed by atoms with Crippen molar-refractivity contribution >= 4 is 5.97 Å². The Kier molecular flexibility index (Phi) is 4.31. The third-order valence-corrected chi connectivity index (χ3v) is 3.65. The van der Waals surface area contributed by atoms with E-state index >= 15 is 0 Å². The molecule has 0 bridgehead atoms. The molecule has 0 saturated carbocycles. The average Bonchev–Trinajstić information content (AvgIpc) is 3.07. The molecule has 3 rings (SSSR count). The normalized spacial score (nSPS) is 17.6. The van der Waals surface area contributed by atoms with E-state index in [0.717, 1.165) is 30.6 Å². The van der Waals surface area contributed by atoms with Crippen LogP contribution in [0.3, 0.4) is 0 Å². The summed E-state index contributed by atoms with van der Waals surface area (Å²) < 4.78 is 10.7. The molecule has 2 aromatic rings. The number of ether oxygens (including phenoxy) is 2. The molecule has 3 nitrogen and oxygen atoms in total. The Morgan fingerprint density at radius 3 is 2.43 bits per heavy atom. The quantitative estimate of drug-likeness (QED) is 0.802. The van der Waals surface area contributed by atoms with Crippen molar-refractivity contribution < 1.29 is 14.3 Å². The van der Waals surface area contributed by atoms with E-state index in [2.05, 4.69) is 0 Å². The summed E-state index contributed by atoms with van der Waals surface area (Å²) in [5.74, 6) is -0.287. The molecule has 1 saturated heterocycles. The van der Waals surface area contributed by atoms with E-state index in [4.69, 9.17) is 9.47 Å². The minimum atomic E-state index is -0.287. The Labute approximate surface area is 124 Å². The van der Waals surface area contributed by atoms with Gasteiger partial charge in [-0.3, -0.25) is 0 Å². The molecule has 0 amide bonds. The van der Waals surface area contributed by atoms with E-state index in [1.54, 1.807) is 12.1 Å². The summed E-state index contributed by atoms with van der Waals surface area (Å²) in [5.41, 5.74) is 2.80. The molecule has 1 heterocycles. The number of carbonyl (C=O) groups is 1. The van der Waals surface area contributed by atoms with Crippen molar-refractivity contribution in [1.29, 1.82) is 0 Å². The van der Waals surface area contributed by atoms with Gasteiger partial charge < -0.3 is 9.47 Å². The summed E-state index contributed by atoms with van der Waals surface area (Å²) >= 11 is 0. The van der Waals surface area contributed by atoms with Gasteiger partial charge in [0.25, 0.3) is 0 Å². The highest BCUT2D eigenvalue weighted by atomic mass is 16.6. The lowest BCUT2D eigenvalue weighted by atomic mass is 10.0. The molecule has 1 aliphatic heterocycles. The molecule has 108 valence electrons. The van der Waals surface area contributed by atoms with E-state index in [1.165, 1.54) is 0 Å². The second kappa shape index (κ2) is 6.55. The van der Waals surface area contributed by atoms with Gasteiger partial charge in [-0.15, -0.1) is 0 Å². The van der Waals surface area contributed by atoms with Gasteiger partial charge in [0, 0.05) is 6.61 Å². The lowest BCUT2D eigenvalue weighted by molar-refractivity contribution is 0.0161. The molecule has 2 aromatic carbocycles. The Hall–Kier alpha value is -2.13. The minimum absolute atomic E-state index is 0.0672. The molecule has 1 fully saturated rings. The maximum Gasteiger partial charge on any atom is 0.338 e. The molecule has 0 spiro atoms. The number of rotatable bonds is 4. The zero-order valence-corrected chi connectivity index (χ0v) is 11.8. The zero-order valence-electron chi connectivity index (χ0n) is 11.8. The van der Waals surface area contributed by atoms with E-state index < -0.39 is 0 Å². The predicted octanol–water partition coefficient (Wildman–Crippen LogP) is 3.69. The third kappa shape index (κ3) is 3.50. The largest absolute Gasteiger partial charge is 0.459 e. The second-order valence-electron chi connectivity index (χ2n) is 5.18. The third-order valence-electron chi connectivity index (χ3n) is 3.65. The summed E-state index contributed by atoms with van der Waals surface area (Å²) in [5, 5.41) is 0. The molecule has 0 aromatic heterocycles. The number of hydrogen-bond acceptors (Lipinski definition) is 3. The van der Waals surface area contributed by atoms with Crippen LogP contribution in [-0.2, 0) is 9.47 Å². The van der Waals surface area contributed by atoms with Crippen LogP contribution < -0.4 is 0 Å². The molecule has 3 heteroatoms. The van der Waals surface area contributed by atoms with Crippen molar-refractivity contribution in [2.45, 2.75) is 18.9 Å². The minimum Gasteiger partial charge on any atom is -0.459 e. The second-order valence-corrected chi connectivity index (χ2v) is 5.18. The van der Waals surface area contributed by atoms with E-state index in [1.807, 2.05) is 42.5 Å². The Morgan fingerprint density at radius 2 is 1.76 bits per heavy atom. The van der Waals surface area contributed by atoms with Crippen molar-refractivity contribution in [3.63, 3.8) is 0 Å². The van der Waals surface area contributed by atoms with Crippen LogP contribution in [0, 0.1) is 0 Å². The lowest BCUT2D eigenvalue weighted by Crippen LogP contribution is -2.17. The van der Waals surface area contributed by atoms with Crippen LogP contribution in [0.2, 0.25) is 0 Å². The fourth-order valence-electron chi connectivity index (χ4n) is 2.46. The summed E-state index contributed by atoms with van der Waals surface area (Å²) in [6.07, 6.45) is 2.09. The molecular weight excluding hydrogens is 264 g/mol. The highest BCUT2D eigenvalue weighted by molar-refractivity contribution is 5.90. The monoisotopic (exact) mass is 282 g/mol. The van der Waals surface area contributed by atoms with Gasteiger partial charge in [0.2, 0.25) is 0 Å². The first-order chi connectivity index (χ1) is 10.3. The van der Waals surface area contributed by atoms with Crippen LogP contribution >= 0.6 is 0 Å². The Balaban J connectivity index is 1.62. The van der Waals surface area contributed by atoms with Crippen LogP contribution in [0.25, 0.3) is 11.1 Å². The number of carbonyl (C=O) groups excluding carboxylic acids is 1. The van der Waals surface area contributed by atoms with Crippen molar-refractivity contribution in [2.24, 2.45) is 0 Å². The maximum atomic E-state index is 12.0. The molecule has 0 N–H and O–H groups in total. The first kappa shape index (κ1) is 13.8. The number of esters is 1. The SMILES string of the molecule is O=C(OC[C@H]1CCCO1)c1ccc(-c2ccccc2)cc1. The molecule has 0 unspecified atom stereocenters. The first-order valence-electron chi connectivity index (χ1n) is 7.27. The van der Waals surface area contributed by atoms with Crippen molar-refractivity contribution in [2.75, 3.05) is 13.2 Å². The highest BCUT2D eigenvalue weighted by Gasteiger charge is 2.18. The van der Waals surface area contributed by atoms with Gasteiger partial charge in [0.1, 0.15) is 6.61 Å². The molecular formula is C18H18O3. The van der Waals surface area contributed by atoms with Crippen LogP contribution in [0.15, 0.2) is 54.6 Å². The maximum absolute atomic E-state index is 12.0. The fourth-order valence-corrected chi connectivity index (χ4v) is 2.46. The van der Waals surface area contributed by atoms with Gasteiger partial charge in [-0.25, -0.2) is 4.79 Å². The number of benzene rings is 2. The van der Waals surface area contributed by atoms with Crippen molar-refractivity contribution in [3.05, 3.63) is 60.2 Å². The van der Waals surface area contributed by atoms with Gasteiger partial charge in [-0.05, 0) is 36.1 Å². The average molecular weight is 282 g/mol. The van der Waals surface area contributed by atoms with Crippen LogP contribution in [-0.4, -0.2) is 25.3 Å². The van der Waals surface area contributed by atoms with Gasteiger partial charge in [0.15, 0.2) is 0 Å². The molecule has 1 aliphatic rings. The fraction of sp³-hybridized carbons (Fsp3) is 0.278. The van der Waals surface area contributed by atoms with E-state index in [0.29, 0.717) is 12.2 Å². The Bertz CT molecular complexity index is 584. The summed E-state index contributed by atoms with van der Waals surface area (Å²) in [6, 6.07) is 17.6. The lowest BCUT2D eigenvalue weighted by Gasteiger charge is -2.10. The van der Waals surface area contributed by atoms with Crippen LogP contribution in [0.4, 0.5) is 0 Å². The van der Waals surface area contributed by atoms with Gasteiger partial charge in [-0.1, -0.05) is 42.5 Å². The molecule has 21 heavy (non-hydrogen) atoms. The Morgan fingerprint density at radius 1 is 1.05 bits per heavy atom. The highest BCUT2D eigenvalue weighted by Crippen LogP contribution is 2.20. The zero-order chi connectivity index (χ0) is 14.5. The first-order valence-corrected chi connectivity index (χ1v) is 7.27. The summed E-state index contributed by atoms with van der Waals surface area (Å²) in [4.78, 5) is 12.0. The smallest absolute Gasteiger partial charge is 0.338 e. The van der Waals surface area contributed by atoms with Gasteiger partial charge in [0.05, 0.1) is 11.7 Å². The van der Waals surface area contributed by atoms with Crippen LogP contribution in [0.1, 0.15) is 23.2 Å². The summed E-state index contributed by atoms with van der Waals surface area (Å²) in [6.45, 7) is 1.12.